The largest absolute Gasteiger partial charge is 0.392 e. The van der Waals surface area contributed by atoms with Gasteiger partial charge in [0.15, 0.2) is 0 Å². The zero-order valence-corrected chi connectivity index (χ0v) is 8.43. The van der Waals surface area contributed by atoms with Crippen LogP contribution in [-0.2, 0) is 4.79 Å². The molecule has 1 saturated heterocycles. The predicted octanol–water partition coefficient (Wildman–Crippen LogP) is 1.33. The zero-order chi connectivity index (χ0) is 9.14. The Hall–Kier alpha value is -0.0200. The Kier molecular flexibility index (Phi) is 3.59. The van der Waals surface area contributed by atoms with E-state index in [0.717, 1.165) is 11.5 Å². The molecule has 12 heavy (non-hydrogen) atoms. The number of aliphatic hydroxyl groups is 1. The summed E-state index contributed by atoms with van der Waals surface area (Å²) in [7, 11) is 0. The van der Waals surface area contributed by atoms with Gasteiger partial charge in [0.25, 0.3) is 0 Å². The first-order chi connectivity index (χ1) is 5.63. The van der Waals surface area contributed by atoms with Gasteiger partial charge in [-0.1, -0.05) is 13.8 Å². The lowest BCUT2D eigenvalue weighted by Gasteiger charge is -2.27. The minimum atomic E-state index is -0.440. The third-order valence-corrected chi connectivity index (χ3v) is 3.39. The first kappa shape index (κ1) is 10.1. The third kappa shape index (κ3) is 2.23. The van der Waals surface area contributed by atoms with Crippen LogP contribution in [0.3, 0.4) is 0 Å². The second kappa shape index (κ2) is 4.28. The highest BCUT2D eigenvalue weighted by Gasteiger charge is 2.30. The molecule has 0 aromatic rings. The standard InChI is InChI=1S/C9H16O2S/c1-6(2)9(11)7-5-12-4-3-8(7)10/h6-7,9,11H,3-5H2,1-2H3. The van der Waals surface area contributed by atoms with Gasteiger partial charge < -0.3 is 5.11 Å². The maximum absolute atomic E-state index is 11.4. The first-order valence-electron chi connectivity index (χ1n) is 4.41. The van der Waals surface area contributed by atoms with Gasteiger partial charge in [-0.25, -0.2) is 0 Å². The van der Waals surface area contributed by atoms with E-state index in [9.17, 15) is 9.90 Å². The number of rotatable bonds is 2. The summed E-state index contributed by atoms with van der Waals surface area (Å²) < 4.78 is 0. The van der Waals surface area contributed by atoms with E-state index in [-0.39, 0.29) is 17.6 Å². The van der Waals surface area contributed by atoms with Crippen molar-refractivity contribution < 1.29 is 9.90 Å². The lowest BCUT2D eigenvalue weighted by atomic mass is 9.90. The van der Waals surface area contributed by atoms with Gasteiger partial charge in [-0.2, -0.15) is 11.8 Å². The maximum atomic E-state index is 11.4. The Morgan fingerprint density at radius 2 is 2.25 bits per heavy atom. The van der Waals surface area contributed by atoms with Crippen molar-refractivity contribution in [2.24, 2.45) is 11.8 Å². The summed E-state index contributed by atoms with van der Waals surface area (Å²) in [6, 6.07) is 0. The smallest absolute Gasteiger partial charge is 0.140 e. The molecule has 0 saturated carbocycles. The Morgan fingerprint density at radius 3 is 2.75 bits per heavy atom. The van der Waals surface area contributed by atoms with E-state index in [1.54, 1.807) is 11.8 Å². The van der Waals surface area contributed by atoms with E-state index in [4.69, 9.17) is 0 Å². The topological polar surface area (TPSA) is 37.3 Å². The number of carbonyl (C=O) groups excluding carboxylic acids is 1. The normalized spacial score (nSPS) is 27.7. The molecule has 1 N–H and O–H groups in total. The van der Waals surface area contributed by atoms with E-state index in [1.165, 1.54) is 0 Å². The fraction of sp³-hybridized carbons (Fsp3) is 0.889. The molecule has 1 aliphatic rings. The van der Waals surface area contributed by atoms with E-state index >= 15 is 0 Å². The van der Waals surface area contributed by atoms with Crippen molar-refractivity contribution >= 4 is 17.5 Å². The van der Waals surface area contributed by atoms with E-state index in [1.807, 2.05) is 13.8 Å². The van der Waals surface area contributed by atoms with Gasteiger partial charge >= 0.3 is 0 Å². The van der Waals surface area contributed by atoms with Crippen LogP contribution in [0, 0.1) is 11.8 Å². The van der Waals surface area contributed by atoms with E-state index in [2.05, 4.69) is 0 Å². The van der Waals surface area contributed by atoms with Crippen LogP contribution in [0.5, 0.6) is 0 Å². The molecule has 0 spiro atoms. The fourth-order valence-corrected chi connectivity index (χ4v) is 2.56. The summed E-state index contributed by atoms with van der Waals surface area (Å²) in [6.07, 6.45) is 0.198. The Bertz CT molecular complexity index is 168. The average Bonchev–Trinajstić information content (AvgIpc) is 2.04. The van der Waals surface area contributed by atoms with Gasteiger partial charge in [0.1, 0.15) is 5.78 Å². The van der Waals surface area contributed by atoms with Crippen molar-refractivity contribution in [3.8, 4) is 0 Å². The van der Waals surface area contributed by atoms with Crippen molar-refractivity contribution in [3.05, 3.63) is 0 Å². The second-order valence-corrected chi connectivity index (χ2v) is 4.78. The summed E-state index contributed by atoms with van der Waals surface area (Å²) in [4.78, 5) is 11.4. The molecule has 70 valence electrons. The molecule has 3 heteroatoms. The Labute approximate surface area is 77.7 Å². The Morgan fingerprint density at radius 1 is 1.58 bits per heavy atom. The van der Waals surface area contributed by atoms with Gasteiger partial charge in [0, 0.05) is 17.9 Å². The van der Waals surface area contributed by atoms with Crippen LogP contribution in [0.25, 0.3) is 0 Å². The molecular formula is C9H16O2S. The second-order valence-electron chi connectivity index (χ2n) is 3.63. The zero-order valence-electron chi connectivity index (χ0n) is 7.62. The lowest BCUT2D eigenvalue weighted by molar-refractivity contribution is -0.126. The molecular weight excluding hydrogens is 172 g/mol. The molecule has 2 atom stereocenters. The van der Waals surface area contributed by atoms with Gasteiger partial charge in [-0.15, -0.1) is 0 Å². The number of ketones is 1. The quantitative estimate of drug-likeness (QED) is 0.710. The summed E-state index contributed by atoms with van der Waals surface area (Å²) in [5, 5.41) is 9.69. The molecule has 0 aromatic carbocycles. The minimum absolute atomic E-state index is 0.108. The summed E-state index contributed by atoms with van der Waals surface area (Å²) in [5.74, 6) is 2.06. The number of carbonyl (C=O) groups is 1. The van der Waals surface area contributed by atoms with Crippen LogP contribution in [0.4, 0.5) is 0 Å². The fourth-order valence-electron chi connectivity index (χ4n) is 1.42. The van der Waals surface area contributed by atoms with Crippen molar-refractivity contribution in [2.45, 2.75) is 26.4 Å². The van der Waals surface area contributed by atoms with Crippen LogP contribution in [0.2, 0.25) is 0 Å². The number of thioether (sulfide) groups is 1. The van der Waals surface area contributed by atoms with Crippen molar-refractivity contribution in [2.75, 3.05) is 11.5 Å². The van der Waals surface area contributed by atoms with Crippen molar-refractivity contribution in [1.82, 2.24) is 0 Å². The number of hydrogen-bond acceptors (Lipinski definition) is 3. The number of hydrogen-bond donors (Lipinski definition) is 1. The van der Waals surface area contributed by atoms with Crippen LogP contribution < -0.4 is 0 Å². The van der Waals surface area contributed by atoms with Gasteiger partial charge in [0.05, 0.1) is 12.0 Å². The maximum Gasteiger partial charge on any atom is 0.140 e. The van der Waals surface area contributed by atoms with Crippen LogP contribution in [-0.4, -0.2) is 28.5 Å². The van der Waals surface area contributed by atoms with E-state index < -0.39 is 6.10 Å². The molecule has 1 rings (SSSR count). The molecule has 0 aliphatic carbocycles. The average molecular weight is 188 g/mol. The summed E-state index contributed by atoms with van der Waals surface area (Å²) >= 11 is 1.77. The molecule has 0 amide bonds. The van der Waals surface area contributed by atoms with Gasteiger partial charge in [0.2, 0.25) is 0 Å². The van der Waals surface area contributed by atoms with Crippen LogP contribution in [0.15, 0.2) is 0 Å². The molecule has 2 unspecified atom stereocenters. The summed E-state index contributed by atoms with van der Waals surface area (Å²) in [6.45, 7) is 3.91. The van der Waals surface area contributed by atoms with Crippen molar-refractivity contribution in [1.29, 1.82) is 0 Å². The third-order valence-electron chi connectivity index (χ3n) is 2.30. The number of aliphatic hydroxyl groups excluding tert-OH is 1. The highest BCUT2D eigenvalue weighted by atomic mass is 32.2. The van der Waals surface area contributed by atoms with Crippen LogP contribution in [0.1, 0.15) is 20.3 Å². The van der Waals surface area contributed by atoms with Gasteiger partial charge in [-0.05, 0) is 5.92 Å². The Balaban J connectivity index is 2.53. The summed E-state index contributed by atoms with van der Waals surface area (Å²) in [5.41, 5.74) is 0. The minimum Gasteiger partial charge on any atom is -0.392 e. The lowest BCUT2D eigenvalue weighted by Crippen LogP contribution is -2.36. The first-order valence-corrected chi connectivity index (χ1v) is 5.57. The highest BCUT2D eigenvalue weighted by molar-refractivity contribution is 7.99. The molecule has 2 nitrogen and oxygen atoms in total. The van der Waals surface area contributed by atoms with Crippen molar-refractivity contribution in [3.63, 3.8) is 0 Å². The number of Topliss-reactive ketones (excluding diaryl/α,β-unsaturated/α-hetero) is 1. The molecule has 1 fully saturated rings. The predicted molar refractivity (Wildman–Crippen MR) is 51.3 cm³/mol. The SMILES string of the molecule is CC(C)C(O)C1CSCCC1=O. The molecule has 1 aliphatic heterocycles. The van der Waals surface area contributed by atoms with E-state index in [0.29, 0.717) is 6.42 Å². The molecule has 0 aromatic heterocycles. The highest BCUT2D eigenvalue weighted by Crippen LogP contribution is 2.25. The molecule has 0 bridgehead atoms. The molecule has 1 heterocycles. The monoisotopic (exact) mass is 188 g/mol. The van der Waals surface area contributed by atoms with Crippen LogP contribution >= 0.6 is 11.8 Å². The molecule has 0 radical (unpaired) electrons. The van der Waals surface area contributed by atoms with Gasteiger partial charge in [-0.3, -0.25) is 4.79 Å².